The van der Waals surface area contributed by atoms with Crippen molar-refractivity contribution in [3.63, 3.8) is 0 Å². The molecular formula is C20H22O3. The maximum absolute atomic E-state index is 12.4. The molecule has 0 aliphatic carbocycles. The molecule has 0 N–H and O–H groups in total. The van der Waals surface area contributed by atoms with Gasteiger partial charge in [0.05, 0.1) is 13.5 Å². The highest BCUT2D eigenvalue weighted by molar-refractivity contribution is 6.13. The van der Waals surface area contributed by atoms with Gasteiger partial charge in [-0.15, -0.1) is 0 Å². The molecule has 0 radical (unpaired) electrons. The predicted molar refractivity (Wildman–Crippen MR) is 91.3 cm³/mol. The van der Waals surface area contributed by atoms with Crippen LogP contribution in [0.15, 0.2) is 48.5 Å². The van der Waals surface area contributed by atoms with E-state index in [1.807, 2.05) is 18.2 Å². The molecule has 3 nitrogen and oxygen atoms in total. The largest absolute Gasteiger partial charge is 0.496 e. The van der Waals surface area contributed by atoms with Gasteiger partial charge in [0.25, 0.3) is 0 Å². The minimum Gasteiger partial charge on any atom is -0.496 e. The van der Waals surface area contributed by atoms with Crippen LogP contribution in [-0.2, 0) is 6.42 Å². The van der Waals surface area contributed by atoms with Crippen LogP contribution in [0.2, 0.25) is 0 Å². The van der Waals surface area contributed by atoms with Gasteiger partial charge in [-0.25, -0.2) is 0 Å². The molecule has 0 aliphatic heterocycles. The minimum atomic E-state index is -0.153. The fourth-order valence-corrected chi connectivity index (χ4v) is 2.49. The van der Waals surface area contributed by atoms with Gasteiger partial charge in [-0.05, 0) is 36.6 Å². The van der Waals surface area contributed by atoms with Gasteiger partial charge in [0.2, 0.25) is 0 Å². The van der Waals surface area contributed by atoms with Crippen LogP contribution in [0.1, 0.15) is 52.5 Å². The molecule has 3 heteroatoms. The highest BCUT2D eigenvalue weighted by Crippen LogP contribution is 2.23. The summed E-state index contributed by atoms with van der Waals surface area (Å²) in [6, 6.07) is 14.3. The van der Waals surface area contributed by atoms with Crippen molar-refractivity contribution in [2.45, 2.75) is 32.6 Å². The Morgan fingerprint density at radius 1 is 0.957 bits per heavy atom. The first kappa shape index (κ1) is 16.9. The summed E-state index contributed by atoms with van der Waals surface area (Å²) in [5.41, 5.74) is 2.16. The number of hydrogen-bond acceptors (Lipinski definition) is 3. The Morgan fingerprint density at radius 2 is 1.65 bits per heavy atom. The third-order valence-electron chi connectivity index (χ3n) is 3.82. The molecule has 2 aromatic rings. The second-order valence-corrected chi connectivity index (χ2v) is 5.52. The molecule has 0 aliphatic rings. The van der Waals surface area contributed by atoms with Crippen LogP contribution in [0.5, 0.6) is 5.75 Å². The van der Waals surface area contributed by atoms with Crippen LogP contribution >= 0.6 is 0 Å². The summed E-state index contributed by atoms with van der Waals surface area (Å²) < 4.78 is 5.35. The lowest BCUT2D eigenvalue weighted by Gasteiger charge is -2.10. The molecule has 0 bridgehead atoms. The van der Waals surface area contributed by atoms with E-state index < -0.39 is 0 Å². The molecule has 0 saturated heterocycles. The minimum absolute atomic E-state index is 0.108. The van der Waals surface area contributed by atoms with Gasteiger partial charge in [0.1, 0.15) is 5.75 Å². The summed E-state index contributed by atoms with van der Waals surface area (Å²) in [4.78, 5) is 24.6. The number of aryl methyl sites for hydroxylation is 1. The number of benzene rings is 2. The van der Waals surface area contributed by atoms with E-state index >= 15 is 0 Å². The van der Waals surface area contributed by atoms with Crippen molar-refractivity contribution >= 4 is 11.6 Å². The number of methoxy groups -OCH3 is 1. The topological polar surface area (TPSA) is 43.4 Å². The standard InChI is InChI=1S/C20H22O3/c1-3-4-8-17-13-16(11-12-20(17)23-2)19(22)14-18(21)15-9-6-5-7-10-15/h5-7,9-13H,3-4,8,14H2,1-2H3. The van der Waals surface area contributed by atoms with E-state index in [9.17, 15) is 9.59 Å². The molecular weight excluding hydrogens is 288 g/mol. The Bertz CT molecular complexity index is 675. The summed E-state index contributed by atoms with van der Waals surface area (Å²) in [5.74, 6) is 0.491. The van der Waals surface area contributed by atoms with E-state index in [0.717, 1.165) is 30.6 Å². The molecule has 0 saturated carbocycles. The van der Waals surface area contributed by atoms with Crippen LogP contribution in [-0.4, -0.2) is 18.7 Å². The Labute approximate surface area is 137 Å². The Hall–Kier alpha value is -2.42. The molecule has 0 unspecified atom stereocenters. The van der Waals surface area contributed by atoms with Crippen molar-refractivity contribution in [2.24, 2.45) is 0 Å². The first-order valence-electron chi connectivity index (χ1n) is 7.94. The van der Waals surface area contributed by atoms with Gasteiger partial charge in [0.15, 0.2) is 11.6 Å². The fourth-order valence-electron chi connectivity index (χ4n) is 2.49. The van der Waals surface area contributed by atoms with E-state index in [2.05, 4.69) is 6.92 Å². The SMILES string of the molecule is CCCCc1cc(C(=O)CC(=O)c2ccccc2)ccc1OC. The van der Waals surface area contributed by atoms with Crippen molar-refractivity contribution in [1.29, 1.82) is 0 Å². The van der Waals surface area contributed by atoms with Gasteiger partial charge in [-0.1, -0.05) is 43.7 Å². The second kappa shape index (κ2) is 8.28. The van der Waals surface area contributed by atoms with Crippen molar-refractivity contribution < 1.29 is 14.3 Å². The second-order valence-electron chi connectivity index (χ2n) is 5.52. The van der Waals surface area contributed by atoms with Crippen molar-refractivity contribution in [3.8, 4) is 5.75 Å². The van der Waals surface area contributed by atoms with E-state index in [1.54, 1.807) is 37.4 Å². The van der Waals surface area contributed by atoms with E-state index in [1.165, 1.54) is 0 Å². The van der Waals surface area contributed by atoms with Gasteiger partial charge < -0.3 is 4.74 Å². The lowest BCUT2D eigenvalue weighted by Crippen LogP contribution is -2.09. The van der Waals surface area contributed by atoms with Crippen molar-refractivity contribution in [1.82, 2.24) is 0 Å². The molecule has 0 fully saturated rings. The molecule has 0 aromatic heterocycles. The smallest absolute Gasteiger partial charge is 0.170 e. The van der Waals surface area contributed by atoms with Crippen LogP contribution in [0.3, 0.4) is 0 Å². The van der Waals surface area contributed by atoms with E-state index in [0.29, 0.717) is 11.1 Å². The van der Waals surface area contributed by atoms with E-state index in [-0.39, 0.29) is 18.0 Å². The summed E-state index contributed by atoms with van der Waals surface area (Å²) in [5, 5.41) is 0. The maximum atomic E-state index is 12.4. The highest BCUT2D eigenvalue weighted by atomic mass is 16.5. The number of rotatable bonds is 8. The summed E-state index contributed by atoms with van der Waals surface area (Å²) in [6.45, 7) is 2.13. The van der Waals surface area contributed by atoms with Crippen LogP contribution < -0.4 is 4.74 Å². The third kappa shape index (κ3) is 4.52. The predicted octanol–water partition coefficient (Wildman–Crippen LogP) is 4.49. The van der Waals surface area contributed by atoms with Gasteiger partial charge >= 0.3 is 0 Å². The number of ether oxygens (including phenoxy) is 1. The molecule has 23 heavy (non-hydrogen) atoms. The Morgan fingerprint density at radius 3 is 2.30 bits per heavy atom. The zero-order chi connectivity index (χ0) is 16.7. The Kier molecular flexibility index (Phi) is 6.10. The van der Waals surface area contributed by atoms with Gasteiger partial charge in [-0.2, -0.15) is 0 Å². The number of carbonyl (C=O) groups excluding carboxylic acids is 2. The van der Waals surface area contributed by atoms with Gasteiger partial charge in [-0.3, -0.25) is 9.59 Å². The number of Topliss-reactive ketones (excluding diaryl/α,β-unsaturated/α-hetero) is 2. The maximum Gasteiger partial charge on any atom is 0.170 e. The average molecular weight is 310 g/mol. The summed E-state index contributed by atoms with van der Waals surface area (Å²) in [6.07, 6.45) is 2.88. The van der Waals surface area contributed by atoms with Crippen molar-refractivity contribution in [2.75, 3.05) is 7.11 Å². The first-order chi connectivity index (χ1) is 11.2. The normalized spacial score (nSPS) is 10.3. The molecule has 0 heterocycles. The van der Waals surface area contributed by atoms with Crippen molar-refractivity contribution in [3.05, 3.63) is 65.2 Å². The van der Waals surface area contributed by atoms with Crippen LogP contribution in [0.25, 0.3) is 0 Å². The van der Waals surface area contributed by atoms with Crippen LogP contribution in [0, 0.1) is 0 Å². The third-order valence-corrected chi connectivity index (χ3v) is 3.82. The lowest BCUT2D eigenvalue weighted by atomic mass is 9.98. The average Bonchev–Trinajstić information content (AvgIpc) is 2.60. The number of ketones is 2. The monoisotopic (exact) mass is 310 g/mol. The lowest BCUT2D eigenvalue weighted by molar-refractivity contribution is 0.0894. The molecule has 2 rings (SSSR count). The van der Waals surface area contributed by atoms with E-state index in [4.69, 9.17) is 4.74 Å². The zero-order valence-corrected chi connectivity index (χ0v) is 13.7. The van der Waals surface area contributed by atoms with Crippen LogP contribution in [0.4, 0.5) is 0 Å². The molecule has 0 amide bonds. The molecule has 120 valence electrons. The zero-order valence-electron chi connectivity index (χ0n) is 13.7. The first-order valence-corrected chi connectivity index (χ1v) is 7.94. The number of carbonyl (C=O) groups is 2. The summed E-state index contributed by atoms with van der Waals surface area (Å²) in [7, 11) is 1.63. The molecule has 0 spiro atoms. The summed E-state index contributed by atoms with van der Waals surface area (Å²) >= 11 is 0. The Balaban J connectivity index is 2.14. The number of hydrogen-bond donors (Lipinski definition) is 0. The molecule has 2 aromatic carbocycles. The quantitative estimate of drug-likeness (QED) is 0.533. The highest BCUT2D eigenvalue weighted by Gasteiger charge is 2.15. The molecule has 0 atom stereocenters. The fraction of sp³-hybridized carbons (Fsp3) is 0.300. The number of unbranched alkanes of at least 4 members (excludes halogenated alkanes) is 1. The van der Waals surface area contributed by atoms with Gasteiger partial charge in [0, 0.05) is 11.1 Å².